The van der Waals surface area contributed by atoms with Gasteiger partial charge in [-0.1, -0.05) is 35.3 Å². The molecule has 0 atom stereocenters. The number of nitrogens with two attached hydrogens (primary N) is 1. The highest BCUT2D eigenvalue weighted by Gasteiger charge is 2.32. The lowest BCUT2D eigenvalue weighted by Gasteiger charge is -2.14. The molecule has 0 fully saturated rings. The number of ether oxygens (including phenoxy) is 2. The largest absolute Gasteiger partial charge is 0.573 e. The molecule has 0 bridgehead atoms. The number of nitrogens with zero attached hydrogens (tertiary/aromatic N) is 1. The van der Waals surface area contributed by atoms with Crippen molar-refractivity contribution in [2.45, 2.75) is 6.36 Å². The smallest absolute Gasteiger partial charge is 0.434 e. The zero-order valence-electron chi connectivity index (χ0n) is 10.1. The molecule has 0 radical (unpaired) electrons. The van der Waals surface area contributed by atoms with Crippen LogP contribution in [0, 0.1) is 0 Å². The van der Waals surface area contributed by atoms with E-state index in [0.29, 0.717) is 0 Å². The minimum Gasteiger partial charge on any atom is -0.434 e. The Morgan fingerprint density at radius 2 is 1.67 bits per heavy atom. The highest BCUT2D eigenvalue weighted by molar-refractivity contribution is 6.36. The molecule has 9 heteroatoms. The van der Waals surface area contributed by atoms with Crippen LogP contribution in [0.25, 0.3) is 0 Å². The minimum atomic E-state index is -4.85. The molecule has 1 aromatic heterocycles. The van der Waals surface area contributed by atoms with Gasteiger partial charge in [0.15, 0.2) is 11.5 Å². The van der Waals surface area contributed by atoms with Crippen LogP contribution in [0.5, 0.6) is 17.4 Å². The van der Waals surface area contributed by atoms with E-state index in [-0.39, 0.29) is 27.5 Å². The van der Waals surface area contributed by atoms with E-state index in [1.54, 1.807) is 0 Å². The zero-order valence-corrected chi connectivity index (χ0v) is 11.6. The van der Waals surface area contributed by atoms with Gasteiger partial charge in [-0.15, -0.1) is 13.2 Å². The number of hydrogen-bond donors (Lipinski definition) is 1. The first-order valence-electron chi connectivity index (χ1n) is 5.40. The molecule has 2 aromatic rings. The van der Waals surface area contributed by atoms with Crippen LogP contribution in [0.15, 0.2) is 30.3 Å². The predicted octanol–water partition coefficient (Wildman–Crippen LogP) is 4.66. The summed E-state index contributed by atoms with van der Waals surface area (Å²) >= 11 is 11.6. The van der Waals surface area contributed by atoms with Crippen molar-refractivity contribution in [1.82, 2.24) is 4.98 Å². The van der Waals surface area contributed by atoms with Gasteiger partial charge in [-0.05, 0) is 18.2 Å². The van der Waals surface area contributed by atoms with Crippen molar-refractivity contribution in [2.75, 3.05) is 5.73 Å². The Morgan fingerprint density at radius 1 is 1.05 bits per heavy atom. The van der Waals surface area contributed by atoms with Crippen LogP contribution in [0.3, 0.4) is 0 Å². The second-order valence-corrected chi connectivity index (χ2v) is 4.55. The molecule has 112 valence electrons. The third-order valence-corrected chi connectivity index (χ3v) is 2.78. The lowest BCUT2D eigenvalue weighted by atomic mass is 10.3. The number of alkyl halides is 3. The average molecular weight is 339 g/mol. The summed E-state index contributed by atoms with van der Waals surface area (Å²) in [5.74, 6) is -0.996. The first kappa shape index (κ1) is 15.5. The van der Waals surface area contributed by atoms with Gasteiger partial charge in [-0.3, -0.25) is 0 Å². The number of benzene rings is 1. The van der Waals surface area contributed by atoms with Gasteiger partial charge in [-0.25, -0.2) is 0 Å². The maximum Gasteiger partial charge on any atom is 0.573 e. The van der Waals surface area contributed by atoms with E-state index < -0.39 is 12.1 Å². The summed E-state index contributed by atoms with van der Waals surface area (Å²) in [7, 11) is 0. The fourth-order valence-corrected chi connectivity index (χ4v) is 1.78. The summed E-state index contributed by atoms with van der Waals surface area (Å²) in [5.41, 5.74) is 5.49. The highest BCUT2D eigenvalue weighted by Crippen LogP contribution is 2.37. The normalized spacial score (nSPS) is 11.3. The van der Waals surface area contributed by atoms with E-state index in [2.05, 4.69) is 9.72 Å². The van der Waals surface area contributed by atoms with Crippen molar-refractivity contribution in [3.8, 4) is 17.4 Å². The van der Waals surface area contributed by atoms with E-state index in [0.717, 1.165) is 6.07 Å². The van der Waals surface area contributed by atoms with Crippen LogP contribution in [0.4, 0.5) is 19.0 Å². The van der Waals surface area contributed by atoms with E-state index in [1.807, 2.05) is 0 Å². The number of aromatic nitrogens is 1. The van der Waals surface area contributed by atoms with Crippen LogP contribution >= 0.6 is 23.2 Å². The van der Waals surface area contributed by atoms with Crippen molar-refractivity contribution in [3.05, 3.63) is 40.4 Å². The van der Waals surface area contributed by atoms with Crippen molar-refractivity contribution in [3.63, 3.8) is 0 Å². The Hall–Kier alpha value is -1.86. The SMILES string of the molecule is Nc1nc(Oc2ccccc2OC(F)(F)F)c(Cl)cc1Cl. The van der Waals surface area contributed by atoms with E-state index in [4.69, 9.17) is 33.7 Å². The van der Waals surface area contributed by atoms with Gasteiger partial charge in [0.25, 0.3) is 0 Å². The molecule has 0 aliphatic rings. The molecule has 2 N–H and O–H groups in total. The summed E-state index contributed by atoms with van der Waals surface area (Å²) in [5, 5.41) is 0.100. The lowest BCUT2D eigenvalue weighted by molar-refractivity contribution is -0.275. The van der Waals surface area contributed by atoms with Crippen LogP contribution in [0.1, 0.15) is 0 Å². The van der Waals surface area contributed by atoms with Gasteiger partial charge in [0, 0.05) is 0 Å². The lowest BCUT2D eigenvalue weighted by Crippen LogP contribution is -2.17. The molecule has 0 unspecified atom stereocenters. The van der Waals surface area contributed by atoms with E-state index >= 15 is 0 Å². The fourth-order valence-electron chi connectivity index (χ4n) is 1.38. The number of pyridine rings is 1. The molecule has 4 nitrogen and oxygen atoms in total. The second kappa shape index (κ2) is 5.87. The molecule has 21 heavy (non-hydrogen) atoms. The van der Waals surface area contributed by atoms with Gasteiger partial charge in [0.1, 0.15) is 10.8 Å². The van der Waals surface area contributed by atoms with E-state index in [9.17, 15) is 13.2 Å². The van der Waals surface area contributed by atoms with Crippen LogP contribution in [-0.2, 0) is 0 Å². The van der Waals surface area contributed by atoms with Crippen molar-refractivity contribution >= 4 is 29.0 Å². The quantitative estimate of drug-likeness (QED) is 0.884. The number of para-hydroxylation sites is 2. The van der Waals surface area contributed by atoms with Crippen molar-refractivity contribution < 1.29 is 22.6 Å². The monoisotopic (exact) mass is 338 g/mol. The molecule has 1 aromatic carbocycles. The van der Waals surface area contributed by atoms with E-state index in [1.165, 1.54) is 24.3 Å². The Kier molecular flexibility index (Phi) is 4.34. The Labute approximate surface area is 127 Å². The summed E-state index contributed by atoms with van der Waals surface area (Å²) in [4.78, 5) is 3.76. The Balaban J connectivity index is 2.34. The molecule has 0 spiro atoms. The molecule has 0 saturated carbocycles. The molecule has 0 aliphatic heterocycles. The summed E-state index contributed by atoms with van der Waals surface area (Å²) in [6, 6.07) is 6.46. The molecule has 2 rings (SSSR count). The van der Waals surface area contributed by atoms with Crippen molar-refractivity contribution in [1.29, 1.82) is 0 Å². The van der Waals surface area contributed by atoms with Gasteiger partial charge < -0.3 is 15.2 Å². The standard InChI is InChI=1S/C12H7Cl2F3N2O2/c13-6-5-7(14)11(19-10(6)18)20-8-3-1-2-4-9(8)21-12(15,16)17/h1-5H,(H2,18,19). The maximum atomic E-state index is 12.3. The second-order valence-electron chi connectivity index (χ2n) is 3.74. The molecule has 0 aliphatic carbocycles. The van der Waals surface area contributed by atoms with Crippen LogP contribution < -0.4 is 15.2 Å². The molecular formula is C12H7Cl2F3N2O2. The third-order valence-electron chi connectivity index (χ3n) is 2.21. The fraction of sp³-hybridized carbons (Fsp3) is 0.0833. The first-order chi connectivity index (χ1) is 9.76. The summed E-state index contributed by atoms with van der Waals surface area (Å²) < 4.78 is 46.0. The van der Waals surface area contributed by atoms with Gasteiger partial charge in [-0.2, -0.15) is 4.98 Å². The molecular weight excluding hydrogens is 332 g/mol. The Bertz CT molecular complexity index is 665. The zero-order chi connectivity index (χ0) is 15.6. The number of hydrogen-bond acceptors (Lipinski definition) is 4. The van der Waals surface area contributed by atoms with Gasteiger partial charge >= 0.3 is 6.36 Å². The predicted molar refractivity (Wildman–Crippen MR) is 71.9 cm³/mol. The highest BCUT2D eigenvalue weighted by atomic mass is 35.5. The van der Waals surface area contributed by atoms with Crippen LogP contribution in [0.2, 0.25) is 10.0 Å². The summed E-state index contributed by atoms with van der Waals surface area (Å²) in [6.07, 6.45) is -4.85. The van der Waals surface area contributed by atoms with Crippen LogP contribution in [-0.4, -0.2) is 11.3 Å². The summed E-state index contributed by atoms with van der Waals surface area (Å²) in [6.45, 7) is 0. The molecule has 0 saturated heterocycles. The van der Waals surface area contributed by atoms with Crippen molar-refractivity contribution in [2.24, 2.45) is 0 Å². The number of anilines is 1. The Morgan fingerprint density at radius 3 is 2.29 bits per heavy atom. The topological polar surface area (TPSA) is 57.4 Å². The number of rotatable bonds is 3. The molecule has 0 amide bonds. The first-order valence-corrected chi connectivity index (χ1v) is 6.16. The molecule has 1 heterocycles. The average Bonchev–Trinajstić information content (AvgIpc) is 2.36. The number of halogens is 5. The van der Waals surface area contributed by atoms with Gasteiger partial charge in [0.05, 0.1) is 5.02 Å². The number of nitrogen functional groups attached to an aromatic ring is 1. The van der Waals surface area contributed by atoms with Gasteiger partial charge in [0.2, 0.25) is 5.88 Å². The maximum absolute atomic E-state index is 12.3. The minimum absolute atomic E-state index is 0.00369. The third kappa shape index (κ3) is 4.05.